The van der Waals surface area contributed by atoms with Crippen LogP contribution in [0.3, 0.4) is 0 Å². The van der Waals surface area contributed by atoms with Gasteiger partial charge in [-0.05, 0) is 31.6 Å². The van der Waals surface area contributed by atoms with Crippen molar-refractivity contribution in [3.05, 3.63) is 5.21 Å². The predicted octanol–water partition coefficient (Wildman–Crippen LogP) is 1.82. The summed E-state index contributed by atoms with van der Waals surface area (Å²) in [7, 11) is 0. The molecule has 0 aliphatic heterocycles. The number of urea groups is 1. The van der Waals surface area contributed by atoms with Crippen LogP contribution >= 0.6 is 11.6 Å². The van der Waals surface area contributed by atoms with Crippen LogP contribution in [0.1, 0.15) is 32.6 Å². The third kappa shape index (κ3) is 4.15. The van der Waals surface area contributed by atoms with E-state index in [2.05, 4.69) is 12.2 Å². The zero-order chi connectivity index (χ0) is 12.0. The maximum atomic E-state index is 11.6. The molecule has 5 nitrogen and oxygen atoms in total. The lowest BCUT2D eigenvalue weighted by molar-refractivity contribution is 0.176. The van der Waals surface area contributed by atoms with E-state index in [1.165, 1.54) is 0 Å². The predicted molar refractivity (Wildman–Crippen MR) is 63.9 cm³/mol. The van der Waals surface area contributed by atoms with Gasteiger partial charge in [-0.3, -0.25) is 5.01 Å². The minimum atomic E-state index is -0.379. The summed E-state index contributed by atoms with van der Waals surface area (Å²) in [4.78, 5) is 11.6. The second-order valence-corrected chi connectivity index (χ2v) is 4.72. The number of nitrogens with one attached hydrogen (secondary N) is 2. The monoisotopic (exact) mass is 248 g/mol. The first-order chi connectivity index (χ1) is 7.67. The van der Waals surface area contributed by atoms with Crippen molar-refractivity contribution >= 4 is 17.6 Å². The summed E-state index contributed by atoms with van der Waals surface area (Å²) in [5, 5.41) is 14.3. The molecule has 0 unspecified atom stereocenters. The molecule has 94 valence electrons. The van der Waals surface area contributed by atoms with E-state index >= 15 is 0 Å². The van der Waals surface area contributed by atoms with Gasteiger partial charge in [-0.15, -0.1) is 11.6 Å². The zero-order valence-electron chi connectivity index (χ0n) is 9.54. The van der Waals surface area contributed by atoms with E-state index in [1.54, 1.807) is 5.59 Å². The van der Waals surface area contributed by atoms with Gasteiger partial charge < -0.3 is 16.1 Å². The lowest BCUT2D eigenvalue weighted by atomic mass is 9.87. The minimum Gasteiger partial charge on any atom is -0.770 e. The molecule has 0 aromatic carbocycles. The van der Waals surface area contributed by atoms with Crippen molar-refractivity contribution in [2.24, 2.45) is 5.92 Å². The summed E-state index contributed by atoms with van der Waals surface area (Å²) in [5.74, 6) is 0.981. The number of carbonyl (C=O) groups is 1. The Hall–Kier alpha value is -0.520. The van der Waals surface area contributed by atoms with Crippen molar-refractivity contribution in [3.8, 4) is 0 Å². The first kappa shape index (κ1) is 13.5. The Labute approximate surface area is 101 Å². The second kappa shape index (κ2) is 6.93. The largest absolute Gasteiger partial charge is 0.770 e. The van der Waals surface area contributed by atoms with Crippen LogP contribution in [0.25, 0.3) is 0 Å². The Balaban J connectivity index is 2.32. The summed E-state index contributed by atoms with van der Waals surface area (Å²) in [5.41, 5.74) is 1.59. The van der Waals surface area contributed by atoms with Crippen molar-refractivity contribution in [1.82, 2.24) is 15.9 Å². The average Bonchev–Trinajstić information content (AvgIpc) is 2.29. The van der Waals surface area contributed by atoms with Gasteiger partial charge in [-0.25, -0.2) is 4.79 Å². The van der Waals surface area contributed by atoms with Gasteiger partial charge in [-0.1, -0.05) is 6.92 Å². The molecule has 2 N–H and O–H groups in total. The summed E-state index contributed by atoms with van der Waals surface area (Å²) >= 11 is 5.48. The molecular weight excluding hydrogens is 230 g/mol. The van der Waals surface area contributed by atoms with Crippen molar-refractivity contribution in [2.45, 2.75) is 38.6 Å². The number of hydrogen-bond donors (Lipinski definition) is 2. The fourth-order valence-electron chi connectivity index (χ4n) is 1.93. The fraction of sp³-hybridized carbons (Fsp3) is 0.900. The fourth-order valence-corrected chi connectivity index (χ4v) is 2.10. The van der Waals surface area contributed by atoms with E-state index in [1.807, 2.05) is 0 Å². The highest BCUT2D eigenvalue weighted by Gasteiger charge is 2.21. The zero-order valence-corrected chi connectivity index (χ0v) is 10.3. The number of halogens is 1. The van der Waals surface area contributed by atoms with E-state index in [-0.39, 0.29) is 24.5 Å². The molecule has 2 amide bonds. The molecule has 1 rings (SSSR count). The van der Waals surface area contributed by atoms with Crippen LogP contribution in [0.4, 0.5) is 4.79 Å². The lowest BCUT2D eigenvalue weighted by Gasteiger charge is -2.31. The summed E-state index contributed by atoms with van der Waals surface area (Å²) in [6, 6.07) is -0.190. The van der Waals surface area contributed by atoms with E-state index in [0.717, 1.165) is 36.6 Å². The van der Waals surface area contributed by atoms with Crippen molar-refractivity contribution in [3.63, 3.8) is 0 Å². The molecule has 0 heterocycles. The summed E-state index contributed by atoms with van der Waals surface area (Å²) < 4.78 is 0. The quantitative estimate of drug-likeness (QED) is 0.589. The van der Waals surface area contributed by atoms with Crippen LogP contribution in [0, 0.1) is 11.1 Å². The molecule has 1 fully saturated rings. The third-order valence-electron chi connectivity index (χ3n) is 3.01. The van der Waals surface area contributed by atoms with Gasteiger partial charge in [0.05, 0.1) is 6.54 Å². The van der Waals surface area contributed by atoms with Crippen molar-refractivity contribution < 1.29 is 4.79 Å². The molecule has 0 aromatic rings. The normalized spacial score (nSPS) is 25.2. The first-order valence-electron chi connectivity index (χ1n) is 5.69. The van der Waals surface area contributed by atoms with Crippen molar-refractivity contribution in [2.75, 3.05) is 12.4 Å². The standard InChI is InChI=1S/C10H19ClN3O2/c1-8-2-4-9(5-3-8)12-10(15)14(13-16)7-6-11/h8-9,13H,2-7H2,1H3,(H,12,15)/q-1. The molecule has 0 radical (unpaired) electrons. The Morgan fingerprint density at radius 3 is 2.56 bits per heavy atom. The number of amides is 2. The lowest BCUT2D eigenvalue weighted by Crippen LogP contribution is -2.50. The Morgan fingerprint density at radius 2 is 2.06 bits per heavy atom. The number of carbonyl (C=O) groups excluding carboxylic acids is 1. The average molecular weight is 249 g/mol. The number of hydrogen-bond acceptors (Lipinski definition) is 3. The summed E-state index contributed by atoms with van der Waals surface area (Å²) in [6.07, 6.45) is 4.23. The van der Waals surface area contributed by atoms with Crippen molar-refractivity contribution in [1.29, 1.82) is 0 Å². The number of rotatable bonds is 4. The van der Waals surface area contributed by atoms with Crippen LogP contribution in [-0.4, -0.2) is 29.5 Å². The van der Waals surface area contributed by atoms with Gasteiger partial charge in [0.25, 0.3) is 0 Å². The van der Waals surface area contributed by atoms with Gasteiger partial charge >= 0.3 is 6.03 Å². The SMILES string of the molecule is CC1CCC(NC(=O)N(CCCl)N[O-])CC1. The van der Waals surface area contributed by atoms with Gasteiger partial charge in [0, 0.05) is 11.9 Å². The highest BCUT2D eigenvalue weighted by Crippen LogP contribution is 2.23. The summed E-state index contributed by atoms with van der Waals surface area (Å²) in [6.45, 7) is 2.43. The molecular formula is C10H19ClN3O2-. The molecule has 0 aromatic heterocycles. The molecule has 1 aliphatic rings. The van der Waals surface area contributed by atoms with Gasteiger partial charge in [-0.2, -0.15) is 0 Å². The minimum absolute atomic E-state index is 0.190. The van der Waals surface area contributed by atoms with Crippen LogP contribution in [0.5, 0.6) is 0 Å². The third-order valence-corrected chi connectivity index (χ3v) is 3.18. The highest BCUT2D eigenvalue weighted by molar-refractivity contribution is 6.18. The molecule has 16 heavy (non-hydrogen) atoms. The Kier molecular flexibility index (Phi) is 5.87. The van der Waals surface area contributed by atoms with E-state index in [9.17, 15) is 10.0 Å². The molecule has 1 aliphatic carbocycles. The molecule has 0 saturated heterocycles. The number of hydrazine groups is 1. The van der Waals surface area contributed by atoms with Crippen LogP contribution in [-0.2, 0) is 0 Å². The van der Waals surface area contributed by atoms with E-state index in [4.69, 9.17) is 11.6 Å². The number of nitrogens with zero attached hydrogens (tertiary/aromatic N) is 1. The van der Waals surface area contributed by atoms with E-state index < -0.39 is 0 Å². The van der Waals surface area contributed by atoms with Gasteiger partial charge in [0.1, 0.15) is 0 Å². The molecule has 6 heteroatoms. The smallest absolute Gasteiger partial charge is 0.331 e. The van der Waals surface area contributed by atoms with Crippen LogP contribution in [0.15, 0.2) is 0 Å². The maximum absolute atomic E-state index is 11.6. The Bertz CT molecular complexity index is 220. The topological polar surface area (TPSA) is 67.4 Å². The van der Waals surface area contributed by atoms with Crippen LogP contribution < -0.4 is 10.9 Å². The van der Waals surface area contributed by atoms with Gasteiger partial charge in [0.2, 0.25) is 0 Å². The first-order valence-corrected chi connectivity index (χ1v) is 6.22. The molecule has 0 bridgehead atoms. The maximum Gasteiger partial charge on any atom is 0.331 e. The molecule has 0 spiro atoms. The van der Waals surface area contributed by atoms with Gasteiger partial charge in [0.15, 0.2) is 0 Å². The highest BCUT2D eigenvalue weighted by atomic mass is 35.5. The molecule has 1 saturated carbocycles. The van der Waals surface area contributed by atoms with Crippen LogP contribution in [0.2, 0.25) is 0 Å². The molecule has 0 atom stereocenters. The van der Waals surface area contributed by atoms with E-state index in [0.29, 0.717) is 0 Å². The Morgan fingerprint density at radius 1 is 1.44 bits per heavy atom. The number of alkyl halides is 1. The second-order valence-electron chi connectivity index (χ2n) is 4.34.